The molecule has 1 aliphatic heterocycles. The van der Waals surface area contributed by atoms with E-state index in [-0.39, 0.29) is 11.2 Å². The van der Waals surface area contributed by atoms with Crippen molar-refractivity contribution in [3.8, 4) is 11.7 Å². The van der Waals surface area contributed by atoms with Crippen LogP contribution >= 0.6 is 0 Å². The largest absolute Gasteiger partial charge is 0.551 e. The lowest BCUT2D eigenvalue weighted by atomic mass is 9.90. The summed E-state index contributed by atoms with van der Waals surface area (Å²) in [5.41, 5.74) is -1.14. The highest BCUT2D eigenvalue weighted by atomic mass is 28.4. The predicted octanol–water partition coefficient (Wildman–Crippen LogP) is 3.25. The van der Waals surface area contributed by atoms with Gasteiger partial charge in [-0.15, -0.1) is 0 Å². The molecule has 5 heteroatoms. The molecule has 0 N–H and O–H groups in total. The maximum absolute atomic E-state index is 6.04. The second kappa shape index (κ2) is 4.92. The Hall–Kier alpha value is -0.278. The lowest BCUT2D eigenvalue weighted by Crippen LogP contribution is -2.41. The van der Waals surface area contributed by atoms with Crippen LogP contribution in [-0.2, 0) is 13.7 Å². The van der Waals surface area contributed by atoms with Crippen molar-refractivity contribution < 1.29 is 13.7 Å². The third kappa shape index (κ3) is 4.64. The molecule has 0 aromatic carbocycles. The Labute approximate surface area is 119 Å². The highest BCUT2D eigenvalue weighted by molar-refractivity contribution is 6.69. The van der Waals surface area contributed by atoms with E-state index in [2.05, 4.69) is 31.4 Å². The topological polar surface area (TPSA) is 27.7 Å². The van der Waals surface area contributed by atoms with Gasteiger partial charge in [-0.25, -0.2) is 0 Å². The third-order valence-electron chi connectivity index (χ3n) is 3.31. The van der Waals surface area contributed by atoms with Gasteiger partial charge in [-0.3, -0.25) is 0 Å². The van der Waals surface area contributed by atoms with Crippen LogP contribution in [0.25, 0.3) is 0 Å². The summed E-state index contributed by atoms with van der Waals surface area (Å²) in [7, 11) is -2.09. The molecule has 1 heterocycles. The maximum Gasteiger partial charge on any atom is 0.551 e. The van der Waals surface area contributed by atoms with Crippen LogP contribution < -0.4 is 0 Å². The quantitative estimate of drug-likeness (QED) is 0.575. The van der Waals surface area contributed by atoms with E-state index >= 15 is 0 Å². The van der Waals surface area contributed by atoms with Gasteiger partial charge in [0.25, 0.3) is 0 Å². The smallest absolute Gasteiger partial charge is 0.402 e. The first-order chi connectivity index (χ1) is 8.24. The van der Waals surface area contributed by atoms with Gasteiger partial charge in [0.15, 0.2) is 8.32 Å². The minimum Gasteiger partial charge on any atom is -0.402 e. The molecule has 1 fully saturated rings. The molecule has 1 rings (SSSR count). The van der Waals surface area contributed by atoms with Crippen LogP contribution in [0.15, 0.2) is 0 Å². The molecule has 0 aliphatic carbocycles. The summed E-state index contributed by atoms with van der Waals surface area (Å²) in [6.07, 6.45) is 0. The normalized spacial score (nSPS) is 22.1. The highest BCUT2D eigenvalue weighted by Gasteiger charge is 2.50. The van der Waals surface area contributed by atoms with Gasteiger partial charge in [0.1, 0.15) is 5.60 Å². The first kappa shape index (κ1) is 16.8. The van der Waals surface area contributed by atoms with Gasteiger partial charge in [0.05, 0.1) is 11.2 Å². The van der Waals surface area contributed by atoms with Crippen LogP contribution in [0.3, 0.4) is 0 Å². The second-order valence-corrected chi connectivity index (χ2v) is 12.0. The van der Waals surface area contributed by atoms with Gasteiger partial charge < -0.3 is 13.7 Å². The van der Waals surface area contributed by atoms with Crippen LogP contribution in [0.1, 0.15) is 41.5 Å². The summed E-state index contributed by atoms with van der Waals surface area (Å²) in [6, 6.07) is 0. The van der Waals surface area contributed by atoms with Crippen molar-refractivity contribution in [1.29, 1.82) is 0 Å². The Morgan fingerprint density at radius 2 is 1.42 bits per heavy atom. The van der Waals surface area contributed by atoms with E-state index in [1.54, 1.807) is 0 Å². The van der Waals surface area contributed by atoms with Crippen LogP contribution in [0, 0.1) is 11.7 Å². The molecule has 0 amide bonds. The number of hydrogen-bond donors (Lipinski definition) is 0. The molecular formula is C14H27BO3Si. The Bertz CT molecular complexity index is 383. The van der Waals surface area contributed by atoms with Crippen LogP contribution in [0.4, 0.5) is 0 Å². The Balaban J connectivity index is 2.76. The van der Waals surface area contributed by atoms with Gasteiger partial charge in [0, 0.05) is 0 Å². The summed E-state index contributed by atoms with van der Waals surface area (Å²) in [5, 5.41) is 0. The fourth-order valence-electron chi connectivity index (χ4n) is 1.93. The van der Waals surface area contributed by atoms with Crippen molar-refractivity contribution in [2.45, 2.75) is 78.0 Å². The standard InChI is InChI=1S/C14H27BO3Si/c1-12(2,18-19(7,8)9)10-11-15-16-13(3,4)14(5,6)17-15/h1-9H3. The first-order valence-electron chi connectivity index (χ1n) is 6.83. The molecular weight excluding hydrogens is 255 g/mol. The van der Waals surface area contributed by atoms with Gasteiger partial charge >= 0.3 is 7.12 Å². The van der Waals surface area contributed by atoms with E-state index in [0.717, 1.165) is 0 Å². The SMILES string of the molecule is CC(C)(C#CB1OC(C)(C)C(C)(C)O1)O[Si](C)(C)C. The molecule has 0 bridgehead atoms. The van der Waals surface area contributed by atoms with Crippen LogP contribution in [0.5, 0.6) is 0 Å². The molecule has 0 spiro atoms. The van der Waals surface area contributed by atoms with Crippen molar-refractivity contribution >= 4 is 15.4 Å². The molecule has 0 radical (unpaired) electrons. The summed E-state index contributed by atoms with van der Waals surface area (Å²) in [5.74, 6) is 6.20. The van der Waals surface area contributed by atoms with E-state index in [0.29, 0.717) is 0 Å². The van der Waals surface area contributed by atoms with E-state index in [1.165, 1.54) is 0 Å². The minimum absolute atomic E-state index is 0.337. The Morgan fingerprint density at radius 3 is 1.79 bits per heavy atom. The van der Waals surface area contributed by atoms with E-state index in [4.69, 9.17) is 13.7 Å². The third-order valence-corrected chi connectivity index (χ3v) is 4.43. The van der Waals surface area contributed by atoms with Crippen molar-refractivity contribution in [2.75, 3.05) is 0 Å². The number of hydrogen-bond acceptors (Lipinski definition) is 3. The summed E-state index contributed by atoms with van der Waals surface area (Å²) < 4.78 is 17.7. The zero-order valence-corrected chi connectivity index (χ0v) is 14.8. The highest BCUT2D eigenvalue weighted by Crippen LogP contribution is 2.36. The molecule has 1 saturated heterocycles. The van der Waals surface area contributed by atoms with Crippen molar-refractivity contribution in [2.24, 2.45) is 0 Å². The number of rotatable bonds is 2. The van der Waals surface area contributed by atoms with E-state index < -0.39 is 21.0 Å². The van der Waals surface area contributed by atoms with Gasteiger partial charge in [-0.2, -0.15) is 0 Å². The lowest BCUT2D eigenvalue weighted by molar-refractivity contribution is 0.00578. The fourth-order valence-corrected chi connectivity index (χ4v) is 3.51. The zero-order valence-electron chi connectivity index (χ0n) is 13.8. The molecule has 1 aliphatic rings. The molecule has 19 heavy (non-hydrogen) atoms. The van der Waals surface area contributed by atoms with E-state index in [9.17, 15) is 0 Å². The summed E-state index contributed by atoms with van der Waals surface area (Å²) in [4.78, 5) is 0. The molecule has 0 saturated carbocycles. The molecule has 0 aromatic rings. The summed E-state index contributed by atoms with van der Waals surface area (Å²) in [6.45, 7) is 18.6. The zero-order chi connectivity index (χ0) is 15.1. The maximum atomic E-state index is 6.04. The molecule has 0 atom stereocenters. The molecule has 0 unspecified atom stereocenters. The monoisotopic (exact) mass is 282 g/mol. The van der Waals surface area contributed by atoms with Gasteiger partial charge in [0.2, 0.25) is 0 Å². The van der Waals surface area contributed by atoms with Crippen LogP contribution in [0.2, 0.25) is 19.6 Å². The van der Waals surface area contributed by atoms with Gasteiger partial charge in [-0.05, 0) is 61.2 Å². The summed E-state index contributed by atoms with van der Waals surface area (Å²) >= 11 is 0. The Kier molecular flexibility index (Phi) is 4.35. The van der Waals surface area contributed by atoms with E-state index in [1.807, 2.05) is 41.5 Å². The molecule has 108 valence electrons. The molecule has 3 nitrogen and oxygen atoms in total. The average molecular weight is 282 g/mol. The predicted molar refractivity (Wildman–Crippen MR) is 82.4 cm³/mol. The second-order valence-electron chi connectivity index (χ2n) is 7.58. The van der Waals surface area contributed by atoms with Crippen LogP contribution in [-0.4, -0.2) is 32.2 Å². The fraction of sp³-hybridized carbons (Fsp3) is 0.857. The molecule has 0 aromatic heterocycles. The Morgan fingerprint density at radius 1 is 1.00 bits per heavy atom. The van der Waals surface area contributed by atoms with Crippen molar-refractivity contribution in [3.63, 3.8) is 0 Å². The first-order valence-corrected chi connectivity index (χ1v) is 10.2. The average Bonchev–Trinajstić information content (AvgIpc) is 2.28. The van der Waals surface area contributed by atoms with Crippen molar-refractivity contribution in [3.05, 3.63) is 0 Å². The minimum atomic E-state index is -1.61. The lowest BCUT2D eigenvalue weighted by Gasteiger charge is -2.32. The van der Waals surface area contributed by atoms with Gasteiger partial charge in [-0.1, -0.05) is 11.7 Å². The van der Waals surface area contributed by atoms with Crippen molar-refractivity contribution in [1.82, 2.24) is 0 Å².